The van der Waals surface area contributed by atoms with E-state index >= 15 is 0 Å². The minimum Gasteiger partial charge on any atom is -0.359 e. The van der Waals surface area contributed by atoms with Gasteiger partial charge in [0.25, 0.3) is 0 Å². The standard InChI is InChI=1S/C22H27N5/c1-15-12-16(2)21(17(3)13-15)26-22-24-18(4)14-20(25-22)27(5)11-8-19-6-9-23-10-7-19/h6-7,9-10,12-14H,8,11H2,1-5H3,(H,24,25,26). The molecule has 0 aliphatic heterocycles. The molecule has 3 rings (SSSR count). The van der Waals surface area contributed by atoms with Gasteiger partial charge in [-0.05, 0) is 62.9 Å². The Balaban J connectivity index is 1.78. The number of nitrogens with one attached hydrogen (secondary N) is 1. The van der Waals surface area contributed by atoms with Gasteiger partial charge < -0.3 is 10.2 Å². The highest BCUT2D eigenvalue weighted by atomic mass is 15.2. The Bertz CT molecular complexity index is 898. The summed E-state index contributed by atoms with van der Waals surface area (Å²) in [5.74, 6) is 1.55. The summed E-state index contributed by atoms with van der Waals surface area (Å²) in [6.45, 7) is 9.22. The zero-order valence-electron chi connectivity index (χ0n) is 16.7. The molecular formula is C22H27N5. The van der Waals surface area contributed by atoms with Gasteiger partial charge >= 0.3 is 0 Å². The monoisotopic (exact) mass is 361 g/mol. The van der Waals surface area contributed by atoms with Crippen LogP contribution in [0.1, 0.15) is 27.9 Å². The van der Waals surface area contributed by atoms with Gasteiger partial charge in [-0.3, -0.25) is 4.98 Å². The van der Waals surface area contributed by atoms with E-state index in [9.17, 15) is 0 Å². The Morgan fingerprint density at radius 3 is 2.26 bits per heavy atom. The summed E-state index contributed by atoms with van der Waals surface area (Å²) in [6, 6.07) is 10.5. The van der Waals surface area contributed by atoms with E-state index in [1.165, 1.54) is 22.3 Å². The average Bonchev–Trinajstić information content (AvgIpc) is 2.63. The molecule has 0 amide bonds. The van der Waals surface area contributed by atoms with Crippen LogP contribution >= 0.6 is 0 Å². The van der Waals surface area contributed by atoms with Crippen LogP contribution in [0.25, 0.3) is 0 Å². The summed E-state index contributed by atoms with van der Waals surface area (Å²) in [4.78, 5) is 15.5. The fraction of sp³-hybridized carbons (Fsp3) is 0.318. The fourth-order valence-corrected chi connectivity index (χ4v) is 3.25. The SMILES string of the molecule is Cc1cc(C)c(Nc2nc(C)cc(N(C)CCc3ccncc3)n2)c(C)c1. The van der Waals surface area contributed by atoms with Gasteiger partial charge in [0, 0.05) is 43.4 Å². The minimum atomic E-state index is 0.635. The zero-order chi connectivity index (χ0) is 19.4. The molecule has 0 aliphatic rings. The highest BCUT2D eigenvalue weighted by Crippen LogP contribution is 2.25. The third-order valence-corrected chi connectivity index (χ3v) is 4.63. The molecule has 0 fully saturated rings. The van der Waals surface area contributed by atoms with Gasteiger partial charge in [0.15, 0.2) is 0 Å². The maximum Gasteiger partial charge on any atom is 0.229 e. The van der Waals surface area contributed by atoms with Crippen LogP contribution in [-0.4, -0.2) is 28.5 Å². The predicted octanol–water partition coefficient (Wildman–Crippen LogP) is 4.53. The van der Waals surface area contributed by atoms with Crippen LogP contribution in [0.15, 0.2) is 42.7 Å². The Morgan fingerprint density at radius 1 is 0.926 bits per heavy atom. The first-order valence-corrected chi connectivity index (χ1v) is 9.23. The third-order valence-electron chi connectivity index (χ3n) is 4.63. The van der Waals surface area contributed by atoms with E-state index in [1.54, 1.807) is 0 Å². The molecule has 0 saturated heterocycles. The van der Waals surface area contributed by atoms with Gasteiger partial charge in [-0.15, -0.1) is 0 Å². The Morgan fingerprint density at radius 2 is 1.59 bits per heavy atom. The minimum absolute atomic E-state index is 0.635. The second-order valence-electron chi connectivity index (χ2n) is 7.12. The van der Waals surface area contributed by atoms with Crippen molar-refractivity contribution in [1.82, 2.24) is 15.0 Å². The highest BCUT2D eigenvalue weighted by molar-refractivity contribution is 5.64. The largest absolute Gasteiger partial charge is 0.359 e. The number of hydrogen-bond donors (Lipinski definition) is 1. The molecule has 0 aliphatic carbocycles. The summed E-state index contributed by atoms with van der Waals surface area (Å²) in [5.41, 5.74) is 6.96. The first kappa shape index (κ1) is 18.8. The van der Waals surface area contributed by atoms with Crippen LogP contribution in [0.2, 0.25) is 0 Å². The predicted molar refractivity (Wildman–Crippen MR) is 112 cm³/mol. The number of anilines is 3. The first-order chi connectivity index (χ1) is 12.9. The molecule has 0 radical (unpaired) electrons. The van der Waals surface area contributed by atoms with Crippen LogP contribution in [0.3, 0.4) is 0 Å². The number of benzene rings is 1. The molecule has 2 aromatic heterocycles. The lowest BCUT2D eigenvalue weighted by molar-refractivity contribution is 0.853. The van der Waals surface area contributed by atoms with E-state index in [4.69, 9.17) is 4.98 Å². The topological polar surface area (TPSA) is 53.9 Å². The van der Waals surface area contributed by atoms with Crippen molar-refractivity contribution < 1.29 is 0 Å². The van der Waals surface area contributed by atoms with Gasteiger partial charge in [-0.25, -0.2) is 4.98 Å². The van der Waals surface area contributed by atoms with Crippen LogP contribution in [0.5, 0.6) is 0 Å². The summed E-state index contributed by atoms with van der Waals surface area (Å²) >= 11 is 0. The number of rotatable bonds is 6. The van der Waals surface area contributed by atoms with Gasteiger partial charge in [-0.2, -0.15) is 4.98 Å². The summed E-state index contributed by atoms with van der Waals surface area (Å²) in [5, 5.41) is 3.42. The van der Waals surface area contributed by atoms with Gasteiger partial charge in [-0.1, -0.05) is 17.7 Å². The summed E-state index contributed by atoms with van der Waals surface area (Å²) in [7, 11) is 2.06. The molecule has 5 heteroatoms. The van der Waals surface area contributed by atoms with Gasteiger partial charge in [0.2, 0.25) is 5.95 Å². The molecule has 0 spiro atoms. The van der Waals surface area contributed by atoms with Crippen LogP contribution in [0.4, 0.5) is 17.5 Å². The molecule has 1 N–H and O–H groups in total. The van der Waals surface area contributed by atoms with Crippen molar-refractivity contribution in [3.63, 3.8) is 0 Å². The molecule has 2 heterocycles. The van der Waals surface area contributed by atoms with E-state index in [2.05, 4.69) is 72.3 Å². The molecular weight excluding hydrogens is 334 g/mol. The number of aromatic nitrogens is 3. The number of likely N-dealkylation sites (N-methyl/N-ethyl adjacent to an activating group) is 1. The van der Waals surface area contributed by atoms with E-state index < -0.39 is 0 Å². The van der Waals surface area contributed by atoms with Crippen molar-refractivity contribution >= 4 is 17.5 Å². The number of aryl methyl sites for hydroxylation is 4. The van der Waals surface area contributed by atoms with Crippen LogP contribution < -0.4 is 10.2 Å². The normalized spacial score (nSPS) is 10.7. The molecule has 5 nitrogen and oxygen atoms in total. The quantitative estimate of drug-likeness (QED) is 0.699. The molecule has 0 atom stereocenters. The van der Waals surface area contributed by atoms with Crippen molar-refractivity contribution in [2.75, 3.05) is 23.8 Å². The second kappa shape index (κ2) is 8.16. The lowest BCUT2D eigenvalue weighted by Crippen LogP contribution is -2.22. The van der Waals surface area contributed by atoms with Gasteiger partial charge in [0.1, 0.15) is 5.82 Å². The van der Waals surface area contributed by atoms with Crippen molar-refractivity contribution in [3.8, 4) is 0 Å². The highest BCUT2D eigenvalue weighted by Gasteiger charge is 2.10. The number of hydrogen-bond acceptors (Lipinski definition) is 5. The van der Waals surface area contributed by atoms with E-state index in [0.717, 1.165) is 30.2 Å². The van der Waals surface area contributed by atoms with Gasteiger partial charge in [0.05, 0.1) is 0 Å². The number of nitrogens with zero attached hydrogens (tertiary/aromatic N) is 4. The maximum atomic E-state index is 4.74. The molecule has 1 aromatic carbocycles. The summed E-state index contributed by atoms with van der Waals surface area (Å²) in [6.07, 6.45) is 4.61. The van der Waals surface area contributed by atoms with Crippen molar-refractivity contribution in [2.24, 2.45) is 0 Å². The van der Waals surface area contributed by atoms with Crippen LogP contribution in [-0.2, 0) is 6.42 Å². The van der Waals surface area contributed by atoms with Crippen LogP contribution in [0, 0.1) is 27.7 Å². The Kier molecular flexibility index (Phi) is 5.69. The molecule has 27 heavy (non-hydrogen) atoms. The lowest BCUT2D eigenvalue weighted by Gasteiger charge is -2.20. The average molecular weight is 361 g/mol. The summed E-state index contributed by atoms with van der Waals surface area (Å²) < 4.78 is 0. The smallest absolute Gasteiger partial charge is 0.229 e. The van der Waals surface area contributed by atoms with Crippen molar-refractivity contribution in [1.29, 1.82) is 0 Å². The van der Waals surface area contributed by atoms with E-state index in [1.807, 2.05) is 25.4 Å². The van der Waals surface area contributed by atoms with Crippen molar-refractivity contribution in [2.45, 2.75) is 34.1 Å². The third kappa shape index (κ3) is 4.82. The zero-order valence-corrected chi connectivity index (χ0v) is 16.7. The molecule has 0 saturated carbocycles. The fourth-order valence-electron chi connectivity index (χ4n) is 3.25. The molecule has 140 valence electrons. The Labute approximate surface area is 161 Å². The van der Waals surface area contributed by atoms with Crippen molar-refractivity contribution in [3.05, 3.63) is 70.7 Å². The second-order valence-corrected chi connectivity index (χ2v) is 7.12. The Hall–Kier alpha value is -2.95. The molecule has 3 aromatic rings. The van der Waals surface area contributed by atoms with E-state index in [0.29, 0.717) is 5.95 Å². The first-order valence-electron chi connectivity index (χ1n) is 9.23. The number of pyridine rings is 1. The molecule has 0 bridgehead atoms. The maximum absolute atomic E-state index is 4.74. The lowest BCUT2D eigenvalue weighted by atomic mass is 10.1. The van der Waals surface area contributed by atoms with E-state index in [-0.39, 0.29) is 0 Å². The molecule has 0 unspecified atom stereocenters.